The fourth-order valence-electron chi connectivity index (χ4n) is 2.87. The molecule has 0 aromatic heterocycles. The quantitative estimate of drug-likeness (QED) is 0.672. The molecule has 1 atom stereocenters. The summed E-state index contributed by atoms with van der Waals surface area (Å²) >= 11 is 3.44. The number of hydrogen-bond donors (Lipinski definition) is 2. The molecule has 0 bridgehead atoms. The molecule has 1 saturated heterocycles. The zero-order chi connectivity index (χ0) is 14.4. The normalized spacial score (nSPS) is 16.5. The van der Waals surface area contributed by atoms with E-state index in [0.717, 1.165) is 30.7 Å². The number of halogens is 3. The maximum Gasteiger partial charge on any atom is 0.129 e. The predicted octanol–water partition coefficient (Wildman–Crippen LogP) is 4.52. The minimum absolute atomic E-state index is 0. The second-order valence-electron chi connectivity index (χ2n) is 5.51. The molecule has 0 spiro atoms. The fourth-order valence-corrected chi connectivity index (χ4v) is 3.27. The minimum Gasteiger partial charge on any atom is -0.507 e. The first-order chi connectivity index (χ1) is 9.72. The van der Waals surface area contributed by atoms with Crippen LogP contribution in [0.3, 0.4) is 0 Å². The van der Waals surface area contributed by atoms with Gasteiger partial charge in [-0.15, -0.1) is 24.8 Å². The number of phenolic OH excluding ortho intramolecular Hbond substituents is 1. The van der Waals surface area contributed by atoms with Crippen LogP contribution in [-0.4, -0.2) is 36.2 Å². The summed E-state index contributed by atoms with van der Waals surface area (Å²) < 4.78 is 0.797. The van der Waals surface area contributed by atoms with Crippen molar-refractivity contribution in [1.82, 2.24) is 10.2 Å². The Bertz CT molecular complexity index is 429. The highest BCUT2D eigenvalue weighted by atomic mass is 79.9. The van der Waals surface area contributed by atoms with Crippen molar-refractivity contribution in [2.75, 3.05) is 26.2 Å². The monoisotopic (exact) mass is 412 g/mol. The number of nitrogens with one attached hydrogen (secondary N) is 1. The lowest BCUT2D eigenvalue weighted by Crippen LogP contribution is -2.45. The van der Waals surface area contributed by atoms with Gasteiger partial charge in [-0.2, -0.15) is 0 Å². The van der Waals surface area contributed by atoms with E-state index in [-0.39, 0.29) is 24.8 Å². The van der Waals surface area contributed by atoms with Gasteiger partial charge in [-0.1, -0.05) is 32.3 Å². The molecule has 1 aromatic carbocycles. The van der Waals surface area contributed by atoms with Gasteiger partial charge in [0.05, 0.1) is 4.47 Å². The number of unbranched alkanes of at least 4 members (excludes halogenated alkanes) is 2. The SMILES string of the molecule is CCCCC[C@H](c1ccc(O)c(Br)c1)N1CCNCC1.Cl.Cl. The molecule has 22 heavy (non-hydrogen) atoms. The zero-order valence-corrected chi connectivity index (χ0v) is 16.3. The first-order valence-electron chi connectivity index (χ1n) is 7.65. The third kappa shape index (κ3) is 6.25. The molecule has 1 fully saturated rings. The van der Waals surface area contributed by atoms with E-state index in [4.69, 9.17) is 0 Å². The van der Waals surface area contributed by atoms with Crippen molar-refractivity contribution in [3.8, 4) is 5.75 Å². The van der Waals surface area contributed by atoms with E-state index in [1.165, 1.54) is 31.2 Å². The second kappa shape index (κ2) is 11.5. The predicted molar refractivity (Wildman–Crippen MR) is 102 cm³/mol. The maximum absolute atomic E-state index is 9.68. The van der Waals surface area contributed by atoms with Crippen LogP contribution in [0, 0.1) is 0 Å². The molecule has 2 N–H and O–H groups in total. The van der Waals surface area contributed by atoms with Gasteiger partial charge < -0.3 is 10.4 Å². The van der Waals surface area contributed by atoms with Gasteiger partial charge in [0, 0.05) is 32.2 Å². The number of rotatable bonds is 6. The van der Waals surface area contributed by atoms with Gasteiger partial charge in [0.2, 0.25) is 0 Å². The summed E-state index contributed by atoms with van der Waals surface area (Å²) in [6, 6.07) is 6.42. The first kappa shape index (κ1) is 22.0. The standard InChI is InChI=1S/C16H25BrN2O.2ClH/c1-2-3-4-5-15(19-10-8-18-9-11-19)13-6-7-16(20)14(17)12-13;;/h6-7,12,15,18,20H,2-5,8-11H2,1H3;2*1H/t15-;;/m1../s1. The van der Waals surface area contributed by atoms with Crippen LogP contribution in [0.15, 0.2) is 22.7 Å². The van der Waals surface area contributed by atoms with Crippen LogP contribution in [0.2, 0.25) is 0 Å². The van der Waals surface area contributed by atoms with Crippen LogP contribution < -0.4 is 5.32 Å². The highest BCUT2D eigenvalue weighted by Gasteiger charge is 2.22. The molecular formula is C16H27BrCl2N2O. The first-order valence-corrected chi connectivity index (χ1v) is 8.45. The topological polar surface area (TPSA) is 35.5 Å². The van der Waals surface area contributed by atoms with Crippen molar-refractivity contribution >= 4 is 40.7 Å². The van der Waals surface area contributed by atoms with Crippen molar-refractivity contribution in [3.63, 3.8) is 0 Å². The van der Waals surface area contributed by atoms with E-state index in [1.54, 1.807) is 6.07 Å². The van der Waals surface area contributed by atoms with Crippen molar-refractivity contribution in [2.45, 2.75) is 38.6 Å². The molecular weight excluding hydrogens is 387 g/mol. The van der Waals surface area contributed by atoms with E-state index in [0.29, 0.717) is 11.8 Å². The summed E-state index contributed by atoms with van der Waals surface area (Å²) in [6.07, 6.45) is 5.02. The fraction of sp³-hybridized carbons (Fsp3) is 0.625. The van der Waals surface area contributed by atoms with Crippen LogP contribution in [0.5, 0.6) is 5.75 Å². The van der Waals surface area contributed by atoms with Crippen LogP contribution in [0.4, 0.5) is 0 Å². The highest BCUT2D eigenvalue weighted by molar-refractivity contribution is 9.10. The Morgan fingerprint density at radius 3 is 2.50 bits per heavy atom. The number of piperazine rings is 1. The van der Waals surface area contributed by atoms with Gasteiger partial charge in [-0.05, 0) is 40.0 Å². The molecule has 3 nitrogen and oxygen atoms in total. The van der Waals surface area contributed by atoms with Crippen LogP contribution in [0.1, 0.15) is 44.2 Å². The third-order valence-electron chi connectivity index (χ3n) is 4.03. The number of aromatic hydroxyl groups is 1. The summed E-state index contributed by atoms with van der Waals surface area (Å²) in [5.74, 6) is 0.321. The molecule has 2 rings (SSSR count). The van der Waals surface area contributed by atoms with Crippen molar-refractivity contribution < 1.29 is 5.11 Å². The smallest absolute Gasteiger partial charge is 0.129 e. The minimum atomic E-state index is 0. The second-order valence-corrected chi connectivity index (χ2v) is 6.36. The maximum atomic E-state index is 9.68. The Labute approximate surface area is 154 Å². The van der Waals surface area contributed by atoms with Crippen molar-refractivity contribution in [3.05, 3.63) is 28.2 Å². The number of benzene rings is 1. The molecule has 128 valence electrons. The van der Waals surface area contributed by atoms with Crippen LogP contribution in [-0.2, 0) is 0 Å². The van der Waals surface area contributed by atoms with Gasteiger partial charge in [-0.3, -0.25) is 4.90 Å². The Hall–Kier alpha value is -0.000000000000000111. The van der Waals surface area contributed by atoms with Crippen molar-refractivity contribution in [1.29, 1.82) is 0 Å². The van der Waals surface area contributed by atoms with Gasteiger partial charge >= 0.3 is 0 Å². The highest BCUT2D eigenvalue weighted by Crippen LogP contribution is 2.32. The lowest BCUT2D eigenvalue weighted by Gasteiger charge is -2.35. The van der Waals surface area contributed by atoms with Crippen molar-refractivity contribution in [2.24, 2.45) is 0 Å². The zero-order valence-electron chi connectivity index (χ0n) is 13.1. The van der Waals surface area contributed by atoms with E-state index in [2.05, 4.69) is 45.2 Å². The van der Waals surface area contributed by atoms with Gasteiger partial charge in [0.1, 0.15) is 5.75 Å². The molecule has 1 aliphatic rings. The van der Waals surface area contributed by atoms with Gasteiger partial charge in [-0.25, -0.2) is 0 Å². The Kier molecular flexibility index (Phi) is 11.5. The number of hydrogen-bond acceptors (Lipinski definition) is 3. The molecule has 0 unspecified atom stereocenters. The summed E-state index contributed by atoms with van der Waals surface area (Å²) in [5, 5.41) is 13.1. The molecule has 6 heteroatoms. The lowest BCUT2D eigenvalue weighted by molar-refractivity contribution is 0.162. The number of phenols is 1. The molecule has 0 amide bonds. The van der Waals surface area contributed by atoms with E-state index in [1.807, 2.05) is 0 Å². The summed E-state index contributed by atoms with van der Waals surface area (Å²) in [4.78, 5) is 2.57. The average molecular weight is 414 g/mol. The van der Waals surface area contributed by atoms with Crippen LogP contribution >= 0.6 is 40.7 Å². The summed E-state index contributed by atoms with van der Waals surface area (Å²) in [6.45, 7) is 6.61. The van der Waals surface area contributed by atoms with Gasteiger partial charge in [0.25, 0.3) is 0 Å². The molecule has 0 aliphatic carbocycles. The summed E-state index contributed by atoms with van der Waals surface area (Å²) in [5.41, 5.74) is 1.31. The Morgan fingerprint density at radius 1 is 1.23 bits per heavy atom. The van der Waals surface area contributed by atoms with Crippen LogP contribution in [0.25, 0.3) is 0 Å². The lowest BCUT2D eigenvalue weighted by atomic mass is 9.98. The Balaban J connectivity index is 0.00000220. The summed E-state index contributed by atoms with van der Waals surface area (Å²) in [7, 11) is 0. The van der Waals surface area contributed by atoms with E-state index < -0.39 is 0 Å². The van der Waals surface area contributed by atoms with E-state index >= 15 is 0 Å². The number of nitrogens with zero attached hydrogens (tertiary/aromatic N) is 1. The van der Waals surface area contributed by atoms with Gasteiger partial charge in [0.15, 0.2) is 0 Å². The molecule has 1 heterocycles. The largest absolute Gasteiger partial charge is 0.507 e. The molecule has 0 saturated carbocycles. The molecule has 1 aromatic rings. The molecule has 1 aliphatic heterocycles. The van der Waals surface area contributed by atoms with E-state index in [9.17, 15) is 5.11 Å². The molecule has 0 radical (unpaired) electrons. The third-order valence-corrected chi connectivity index (χ3v) is 4.67. The average Bonchev–Trinajstić information content (AvgIpc) is 2.48. The Morgan fingerprint density at radius 2 is 1.91 bits per heavy atom.